The fourth-order valence-corrected chi connectivity index (χ4v) is 3.47. The van der Waals surface area contributed by atoms with E-state index in [2.05, 4.69) is 11.1 Å². The van der Waals surface area contributed by atoms with Crippen LogP contribution in [-0.4, -0.2) is 24.0 Å². The average Bonchev–Trinajstić information content (AvgIpc) is 3.36. The summed E-state index contributed by atoms with van der Waals surface area (Å²) in [4.78, 5) is 4.58. The molecule has 7 heteroatoms. The van der Waals surface area contributed by atoms with E-state index in [1.54, 1.807) is 18.2 Å². The summed E-state index contributed by atoms with van der Waals surface area (Å²) >= 11 is 1.39. The van der Waals surface area contributed by atoms with E-state index in [1.807, 2.05) is 23.6 Å². The Morgan fingerprint density at radius 3 is 2.93 bits per heavy atom. The average molecular weight is 378 g/mol. The van der Waals surface area contributed by atoms with Crippen LogP contribution in [0.4, 0.5) is 0 Å². The molecule has 0 spiro atoms. The van der Waals surface area contributed by atoms with E-state index in [1.165, 1.54) is 24.5 Å². The van der Waals surface area contributed by atoms with E-state index >= 15 is 0 Å². The van der Waals surface area contributed by atoms with Crippen LogP contribution in [0.5, 0.6) is 23.0 Å². The summed E-state index contributed by atoms with van der Waals surface area (Å²) in [6, 6.07) is 12.7. The molecule has 0 saturated carbocycles. The molecule has 27 heavy (non-hydrogen) atoms. The van der Waals surface area contributed by atoms with Gasteiger partial charge in [0.2, 0.25) is 6.79 Å². The van der Waals surface area contributed by atoms with E-state index in [4.69, 9.17) is 14.2 Å². The fraction of sp³-hybridized carbons (Fsp3) is 0.100. The van der Waals surface area contributed by atoms with Crippen LogP contribution in [0.2, 0.25) is 0 Å². The van der Waals surface area contributed by atoms with Crippen molar-refractivity contribution in [2.45, 2.75) is 0 Å². The molecular formula is C20H14N2O4S. The number of nitriles is 1. The predicted molar refractivity (Wildman–Crippen MR) is 102 cm³/mol. The first-order valence-corrected chi connectivity index (χ1v) is 8.90. The number of hydrogen-bond donors (Lipinski definition) is 1. The zero-order chi connectivity index (χ0) is 18.8. The Morgan fingerprint density at radius 2 is 2.11 bits per heavy atom. The minimum absolute atomic E-state index is 0.0486. The van der Waals surface area contributed by atoms with Crippen LogP contribution in [-0.2, 0) is 0 Å². The summed E-state index contributed by atoms with van der Waals surface area (Å²) in [5, 5.41) is 21.8. The molecule has 1 aliphatic rings. The number of fused-ring (bicyclic) bond motifs is 1. The first-order valence-electron chi connectivity index (χ1n) is 8.02. The lowest BCUT2D eigenvalue weighted by Gasteiger charge is -2.04. The molecule has 0 bridgehead atoms. The Morgan fingerprint density at radius 1 is 1.26 bits per heavy atom. The van der Waals surface area contributed by atoms with Crippen LogP contribution in [0, 0.1) is 11.3 Å². The Hall–Kier alpha value is -3.50. The number of nitrogens with zero attached hydrogens (tertiary/aromatic N) is 2. The van der Waals surface area contributed by atoms with Crippen LogP contribution in [0.25, 0.3) is 22.9 Å². The third-order valence-corrected chi connectivity index (χ3v) is 4.91. The third-order valence-electron chi connectivity index (χ3n) is 4.04. The summed E-state index contributed by atoms with van der Waals surface area (Å²) in [6.07, 6.45) is 1.71. The van der Waals surface area contributed by atoms with Gasteiger partial charge in [-0.05, 0) is 42.0 Å². The molecule has 3 aromatic rings. The molecule has 1 aromatic heterocycles. The van der Waals surface area contributed by atoms with Gasteiger partial charge >= 0.3 is 0 Å². The van der Waals surface area contributed by atoms with E-state index in [-0.39, 0.29) is 12.5 Å². The van der Waals surface area contributed by atoms with E-state index < -0.39 is 0 Å². The van der Waals surface area contributed by atoms with Crippen molar-refractivity contribution in [3.63, 3.8) is 0 Å². The van der Waals surface area contributed by atoms with Gasteiger partial charge in [-0.15, -0.1) is 11.3 Å². The largest absolute Gasteiger partial charge is 0.504 e. The van der Waals surface area contributed by atoms with Gasteiger partial charge in [0.15, 0.2) is 23.0 Å². The minimum Gasteiger partial charge on any atom is -0.504 e. The topological polar surface area (TPSA) is 84.6 Å². The van der Waals surface area contributed by atoms with Crippen molar-refractivity contribution in [2.24, 2.45) is 0 Å². The number of phenolic OH excluding ortho intramolecular Hbond substituents is 1. The van der Waals surface area contributed by atoms with Crippen LogP contribution in [0.1, 0.15) is 10.6 Å². The number of aromatic hydroxyl groups is 1. The highest BCUT2D eigenvalue weighted by Gasteiger charge is 2.16. The van der Waals surface area contributed by atoms with Gasteiger partial charge in [0.25, 0.3) is 0 Å². The highest BCUT2D eigenvalue weighted by atomic mass is 32.1. The minimum atomic E-state index is 0.0486. The van der Waals surface area contributed by atoms with Gasteiger partial charge in [-0.25, -0.2) is 4.98 Å². The number of hydrogen-bond acceptors (Lipinski definition) is 7. The second kappa shape index (κ2) is 7.02. The van der Waals surface area contributed by atoms with Gasteiger partial charge in [0, 0.05) is 10.9 Å². The SMILES string of the molecule is COc1cc(/C=C(/C#N)c2nc(-c3ccc4c(c3)OCO4)cs2)ccc1O. The third kappa shape index (κ3) is 3.30. The van der Waals surface area contributed by atoms with E-state index in [9.17, 15) is 10.4 Å². The maximum absolute atomic E-state index is 9.70. The van der Waals surface area contributed by atoms with Gasteiger partial charge < -0.3 is 19.3 Å². The highest BCUT2D eigenvalue weighted by Crippen LogP contribution is 2.37. The number of ether oxygens (including phenoxy) is 3. The summed E-state index contributed by atoms with van der Waals surface area (Å²) in [5.74, 6) is 1.80. The first-order chi connectivity index (χ1) is 13.2. The van der Waals surface area contributed by atoms with Crippen LogP contribution >= 0.6 is 11.3 Å². The second-order valence-corrected chi connectivity index (χ2v) is 6.57. The lowest BCUT2D eigenvalue weighted by atomic mass is 10.1. The van der Waals surface area contributed by atoms with Crippen molar-refractivity contribution in [1.29, 1.82) is 5.26 Å². The van der Waals surface area contributed by atoms with Crippen LogP contribution < -0.4 is 14.2 Å². The Bertz CT molecular complexity index is 1080. The van der Waals surface area contributed by atoms with Crippen molar-refractivity contribution in [3.8, 4) is 40.3 Å². The Labute approximate surface area is 159 Å². The standard InChI is InChI=1S/C20H14N2O4S/c1-24-18-7-12(2-4-16(18)23)6-14(9-21)20-22-15(10-27-20)13-3-5-17-19(8-13)26-11-25-17/h2-8,10,23H,11H2,1H3/b14-6-. The molecule has 2 aromatic carbocycles. The lowest BCUT2D eigenvalue weighted by molar-refractivity contribution is 0.174. The molecule has 0 aliphatic carbocycles. The number of thiazole rings is 1. The molecule has 134 valence electrons. The summed E-state index contributed by atoms with van der Waals surface area (Å²) in [7, 11) is 1.48. The highest BCUT2D eigenvalue weighted by molar-refractivity contribution is 7.11. The monoisotopic (exact) mass is 378 g/mol. The zero-order valence-corrected chi connectivity index (χ0v) is 15.1. The van der Waals surface area contributed by atoms with Gasteiger partial charge in [0.1, 0.15) is 11.1 Å². The predicted octanol–water partition coefficient (Wildman–Crippen LogP) is 4.32. The molecule has 0 unspecified atom stereocenters. The Balaban J connectivity index is 1.66. The molecule has 0 amide bonds. The normalized spacial score (nSPS) is 12.7. The number of aromatic nitrogens is 1. The number of benzene rings is 2. The van der Waals surface area contributed by atoms with Crippen molar-refractivity contribution in [2.75, 3.05) is 13.9 Å². The quantitative estimate of drug-likeness (QED) is 0.681. The molecule has 0 saturated heterocycles. The van der Waals surface area contributed by atoms with E-state index in [0.717, 1.165) is 16.8 Å². The molecular weight excluding hydrogens is 364 g/mol. The van der Waals surface area contributed by atoms with Gasteiger partial charge in [-0.1, -0.05) is 6.07 Å². The molecule has 4 rings (SSSR count). The summed E-state index contributed by atoms with van der Waals surface area (Å²) in [6.45, 7) is 0.221. The number of methoxy groups -OCH3 is 1. The lowest BCUT2D eigenvalue weighted by Crippen LogP contribution is -1.92. The maximum atomic E-state index is 9.70. The molecule has 0 fully saturated rings. The summed E-state index contributed by atoms with van der Waals surface area (Å²) in [5.41, 5.74) is 2.82. The second-order valence-electron chi connectivity index (χ2n) is 5.71. The van der Waals surface area contributed by atoms with Gasteiger partial charge in [-0.2, -0.15) is 5.26 Å². The number of allylic oxidation sites excluding steroid dienone is 1. The zero-order valence-electron chi connectivity index (χ0n) is 14.3. The molecule has 1 aliphatic heterocycles. The van der Waals surface area contributed by atoms with Crippen molar-refractivity contribution < 1.29 is 19.3 Å². The first kappa shape index (κ1) is 16.9. The number of rotatable bonds is 4. The van der Waals surface area contributed by atoms with Gasteiger partial charge in [0.05, 0.1) is 18.4 Å². The Kier molecular flexibility index (Phi) is 4.40. The van der Waals surface area contributed by atoms with Gasteiger partial charge in [-0.3, -0.25) is 0 Å². The molecule has 0 atom stereocenters. The van der Waals surface area contributed by atoms with Crippen LogP contribution in [0.15, 0.2) is 41.8 Å². The van der Waals surface area contributed by atoms with Crippen molar-refractivity contribution in [1.82, 2.24) is 4.98 Å². The molecule has 1 N–H and O–H groups in total. The summed E-state index contributed by atoms with van der Waals surface area (Å²) < 4.78 is 15.8. The fourth-order valence-electron chi connectivity index (χ4n) is 2.68. The van der Waals surface area contributed by atoms with Crippen LogP contribution in [0.3, 0.4) is 0 Å². The number of phenols is 1. The molecule has 0 radical (unpaired) electrons. The molecule has 2 heterocycles. The maximum Gasteiger partial charge on any atom is 0.231 e. The van der Waals surface area contributed by atoms with Crippen molar-refractivity contribution in [3.05, 3.63) is 52.3 Å². The smallest absolute Gasteiger partial charge is 0.231 e. The van der Waals surface area contributed by atoms with Crippen molar-refractivity contribution >= 4 is 23.0 Å². The van der Waals surface area contributed by atoms with E-state index in [0.29, 0.717) is 27.8 Å². The molecule has 6 nitrogen and oxygen atoms in total.